The quantitative estimate of drug-likeness (QED) is 0.809. The van der Waals surface area contributed by atoms with E-state index in [0.29, 0.717) is 0 Å². The van der Waals surface area contributed by atoms with E-state index in [1.165, 1.54) is 6.07 Å². The van der Waals surface area contributed by atoms with E-state index in [-0.39, 0.29) is 10.2 Å². The molecule has 2 aromatic rings. The molecule has 0 amide bonds. The van der Waals surface area contributed by atoms with E-state index < -0.39 is 26.8 Å². The zero-order chi connectivity index (χ0) is 15.6. The Morgan fingerprint density at radius 3 is 2.48 bits per heavy atom. The molecule has 0 aliphatic carbocycles. The summed E-state index contributed by atoms with van der Waals surface area (Å²) in [7, 11) is -4.02. The highest BCUT2D eigenvalue weighted by Crippen LogP contribution is 2.27. The molecule has 1 atom stereocenters. The summed E-state index contributed by atoms with van der Waals surface area (Å²) < 4.78 is 41.1. The number of nitrogen functional groups attached to an aromatic ring is 1. The Bertz CT molecular complexity index is 751. The van der Waals surface area contributed by atoms with Gasteiger partial charge in [-0.1, -0.05) is 30.3 Å². The molecule has 0 saturated carbocycles. The first kappa shape index (κ1) is 15.9. The molecule has 0 radical (unpaired) electrons. The van der Waals surface area contributed by atoms with Crippen molar-refractivity contribution in [1.82, 2.24) is 4.72 Å². The summed E-state index contributed by atoms with van der Waals surface area (Å²) in [4.78, 5) is -0.475. The first-order valence-corrected chi connectivity index (χ1v) is 8.40. The smallest absolute Gasteiger partial charge is 0.244 e. The number of sulfonamides is 1. The van der Waals surface area contributed by atoms with Crippen LogP contribution in [0.15, 0.2) is 51.8 Å². The van der Waals surface area contributed by atoms with Crippen LogP contribution in [0.25, 0.3) is 0 Å². The van der Waals surface area contributed by atoms with E-state index in [0.717, 1.165) is 11.6 Å². The van der Waals surface area contributed by atoms with Crippen LogP contribution in [0, 0.1) is 5.82 Å². The number of nitrogens with two attached hydrogens (primary N) is 1. The topological polar surface area (TPSA) is 72.2 Å². The highest BCUT2D eigenvalue weighted by Gasteiger charge is 2.24. The second kappa shape index (κ2) is 6.13. The van der Waals surface area contributed by atoms with Gasteiger partial charge in [-0.25, -0.2) is 17.5 Å². The molecule has 0 aromatic heterocycles. The minimum atomic E-state index is -4.02. The largest absolute Gasteiger partial charge is 0.399 e. The number of hydrogen-bond acceptors (Lipinski definition) is 3. The number of halogens is 2. The second-order valence-electron chi connectivity index (χ2n) is 4.57. The number of benzene rings is 2. The van der Waals surface area contributed by atoms with Crippen LogP contribution in [0.4, 0.5) is 10.1 Å². The zero-order valence-electron chi connectivity index (χ0n) is 11.2. The normalized spacial score (nSPS) is 13.1. The van der Waals surface area contributed by atoms with Crippen molar-refractivity contribution in [3.05, 3.63) is 58.3 Å². The molecule has 2 rings (SSSR count). The van der Waals surface area contributed by atoms with Gasteiger partial charge in [-0.05, 0) is 40.5 Å². The molecule has 21 heavy (non-hydrogen) atoms. The Morgan fingerprint density at radius 1 is 1.24 bits per heavy atom. The van der Waals surface area contributed by atoms with Crippen LogP contribution in [0.2, 0.25) is 0 Å². The van der Waals surface area contributed by atoms with E-state index in [4.69, 9.17) is 5.73 Å². The molecule has 3 N–H and O–H groups in total. The molecule has 1 unspecified atom stereocenters. The lowest BCUT2D eigenvalue weighted by molar-refractivity contribution is 0.545. The minimum Gasteiger partial charge on any atom is -0.399 e. The van der Waals surface area contributed by atoms with Gasteiger partial charge < -0.3 is 5.73 Å². The third-order valence-electron chi connectivity index (χ3n) is 2.94. The maximum atomic E-state index is 14.0. The molecular weight excluding hydrogens is 359 g/mol. The summed E-state index contributed by atoms with van der Waals surface area (Å²) in [5, 5.41) is 0. The number of rotatable bonds is 4. The molecule has 0 fully saturated rings. The van der Waals surface area contributed by atoms with Gasteiger partial charge in [0.2, 0.25) is 10.0 Å². The number of hydrogen-bond donors (Lipinski definition) is 2. The van der Waals surface area contributed by atoms with Crippen molar-refractivity contribution in [3.8, 4) is 0 Å². The lowest BCUT2D eigenvalue weighted by atomic mass is 10.1. The molecular formula is C14H14BrFN2O2S. The van der Waals surface area contributed by atoms with Crippen molar-refractivity contribution in [3.63, 3.8) is 0 Å². The fourth-order valence-corrected chi connectivity index (χ4v) is 3.86. The van der Waals surface area contributed by atoms with Gasteiger partial charge in [-0.15, -0.1) is 0 Å². The van der Waals surface area contributed by atoms with Gasteiger partial charge in [0.25, 0.3) is 0 Å². The fourth-order valence-electron chi connectivity index (χ4n) is 1.89. The molecule has 0 aliphatic heterocycles. The van der Waals surface area contributed by atoms with Crippen LogP contribution in [0.5, 0.6) is 0 Å². The predicted molar refractivity (Wildman–Crippen MR) is 83.7 cm³/mol. The summed E-state index contributed by atoms with van der Waals surface area (Å²) in [6.45, 7) is 1.69. The van der Waals surface area contributed by atoms with E-state index in [9.17, 15) is 12.8 Å². The minimum absolute atomic E-state index is 0.00948. The second-order valence-corrected chi connectivity index (χ2v) is 7.11. The Hall–Kier alpha value is -1.44. The molecule has 0 heterocycles. The summed E-state index contributed by atoms with van der Waals surface area (Å²) in [5.74, 6) is -0.864. The molecule has 112 valence electrons. The molecule has 0 bridgehead atoms. The number of nitrogens with one attached hydrogen (secondary N) is 1. The zero-order valence-corrected chi connectivity index (χ0v) is 13.6. The third kappa shape index (κ3) is 3.61. The Kier molecular flexibility index (Phi) is 4.65. The average Bonchev–Trinajstić information content (AvgIpc) is 2.43. The van der Waals surface area contributed by atoms with Gasteiger partial charge >= 0.3 is 0 Å². The van der Waals surface area contributed by atoms with Gasteiger partial charge in [0.1, 0.15) is 4.90 Å². The van der Waals surface area contributed by atoms with Gasteiger partial charge in [-0.2, -0.15) is 0 Å². The van der Waals surface area contributed by atoms with Gasteiger partial charge in [0.15, 0.2) is 5.82 Å². The van der Waals surface area contributed by atoms with Gasteiger partial charge in [-0.3, -0.25) is 0 Å². The van der Waals surface area contributed by atoms with Crippen LogP contribution in [-0.4, -0.2) is 8.42 Å². The van der Waals surface area contributed by atoms with E-state index >= 15 is 0 Å². The highest BCUT2D eigenvalue weighted by atomic mass is 79.9. The van der Waals surface area contributed by atoms with Crippen LogP contribution >= 0.6 is 15.9 Å². The van der Waals surface area contributed by atoms with Crippen LogP contribution in [0.3, 0.4) is 0 Å². The first-order chi connectivity index (χ1) is 9.81. The summed E-state index contributed by atoms with van der Waals surface area (Å²) in [5.41, 5.74) is 6.52. The SMILES string of the molecule is CC(NS(=O)(=O)c1cc(N)cc(Br)c1F)c1ccccc1. The van der Waals surface area contributed by atoms with Crippen molar-refractivity contribution in [2.75, 3.05) is 5.73 Å². The maximum absolute atomic E-state index is 14.0. The molecule has 7 heteroatoms. The molecule has 2 aromatic carbocycles. The van der Waals surface area contributed by atoms with Gasteiger partial charge in [0, 0.05) is 11.7 Å². The van der Waals surface area contributed by atoms with Crippen LogP contribution < -0.4 is 10.5 Å². The van der Waals surface area contributed by atoms with Crippen LogP contribution in [-0.2, 0) is 10.0 Å². The standard InChI is InChI=1S/C14H14BrFN2O2S/c1-9(10-5-3-2-4-6-10)18-21(19,20)13-8-11(17)7-12(15)14(13)16/h2-9,18H,17H2,1H3. The van der Waals surface area contributed by atoms with Crippen molar-refractivity contribution in [2.45, 2.75) is 17.9 Å². The molecule has 0 saturated heterocycles. The number of anilines is 1. The van der Waals surface area contributed by atoms with Gasteiger partial charge in [0.05, 0.1) is 4.47 Å². The summed E-state index contributed by atoms with van der Waals surface area (Å²) in [6.07, 6.45) is 0. The van der Waals surface area contributed by atoms with Crippen molar-refractivity contribution < 1.29 is 12.8 Å². The Morgan fingerprint density at radius 2 is 1.86 bits per heavy atom. The Labute approximate surface area is 131 Å². The lowest BCUT2D eigenvalue weighted by Gasteiger charge is -2.15. The predicted octanol–water partition coefficient (Wildman–Crippen LogP) is 3.21. The van der Waals surface area contributed by atoms with Crippen molar-refractivity contribution in [2.24, 2.45) is 0 Å². The van der Waals surface area contributed by atoms with E-state index in [1.807, 2.05) is 6.07 Å². The molecule has 0 aliphatic rings. The van der Waals surface area contributed by atoms with E-state index in [2.05, 4.69) is 20.7 Å². The first-order valence-electron chi connectivity index (χ1n) is 6.13. The summed E-state index contributed by atoms with van der Waals surface area (Å²) in [6, 6.07) is 10.9. The maximum Gasteiger partial charge on any atom is 0.244 e. The van der Waals surface area contributed by atoms with E-state index in [1.54, 1.807) is 31.2 Å². The summed E-state index contributed by atoms with van der Waals surface area (Å²) >= 11 is 2.95. The third-order valence-corrected chi connectivity index (χ3v) is 5.06. The lowest BCUT2D eigenvalue weighted by Crippen LogP contribution is -2.27. The van der Waals surface area contributed by atoms with Crippen LogP contribution in [0.1, 0.15) is 18.5 Å². The highest BCUT2D eigenvalue weighted by molar-refractivity contribution is 9.10. The average molecular weight is 373 g/mol. The molecule has 4 nitrogen and oxygen atoms in total. The van der Waals surface area contributed by atoms with Crippen molar-refractivity contribution >= 4 is 31.6 Å². The fraction of sp³-hybridized carbons (Fsp3) is 0.143. The monoisotopic (exact) mass is 372 g/mol. The van der Waals surface area contributed by atoms with Crippen molar-refractivity contribution in [1.29, 1.82) is 0 Å². The Balaban J connectivity index is 2.35. The molecule has 0 spiro atoms.